The first-order valence-corrected chi connectivity index (χ1v) is 12.7. The standard InChI is InChI=1S/C25H22F2N2O7S/c1-35-21-12-16-20(13-19(21)29(10-11-30)37(2,33)34)36-24(22(16)25(31)32)14-6-8-15(9-7-14)28-23-17(26)4-3-5-18(23)27/h3-9,12-13,28,30H,10-11H2,1-2H3,(H,31,32). The van der Waals surface area contributed by atoms with Gasteiger partial charge in [-0.05, 0) is 42.5 Å². The quantitative estimate of drug-likeness (QED) is 0.286. The first-order chi connectivity index (χ1) is 17.5. The molecule has 4 aromatic rings. The molecule has 194 valence electrons. The van der Waals surface area contributed by atoms with Crippen LogP contribution < -0.4 is 14.4 Å². The Bertz CT molecular complexity index is 1560. The van der Waals surface area contributed by atoms with Gasteiger partial charge in [-0.25, -0.2) is 22.0 Å². The van der Waals surface area contributed by atoms with Crippen molar-refractivity contribution in [1.29, 1.82) is 0 Å². The van der Waals surface area contributed by atoms with Gasteiger partial charge in [-0.1, -0.05) is 6.07 Å². The number of aromatic carboxylic acids is 1. The number of methoxy groups -OCH3 is 1. The molecular weight excluding hydrogens is 510 g/mol. The summed E-state index contributed by atoms with van der Waals surface area (Å²) in [5.74, 6) is -2.80. The van der Waals surface area contributed by atoms with Gasteiger partial charge in [0.05, 0.1) is 32.2 Å². The number of para-hydroxylation sites is 1. The predicted octanol–water partition coefficient (Wildman–Crippen LogP) is 4.59. The second-order valence-electron chi connectivity index (χ2n) is 7.99. The monoisotopic (exact) mass is 532 g/mol. The molecular formula is C25H22F2N2O7S. The van der Waals surface area contributed by atoms with Crippen molar-refractivity contribution in [2.75, 3.05) is 36.1 Å². The van der Waals surface area contributed by atoms with Crippen molar-refractivity contribution in [1.82, 2.24) is 0 Å². The molecule has 0 unspecified atom stereocenters. The number of ether oxygens (including phenoxy) is 1. The molecule has 3 aromatic carbocycles. The van der Waals surface area contributed by atoms with Gasteiger partial charge in [-0.2, -0.15) is 0 Å². The molecule has 0 saturated heterocycles. The maximum atomic E-state index is 14.0. The fourth-order valence-corrected chi connectivity index (χ4v) is 4.82. The van der Waals surface area contributed by atoms with Gasteiger partial charge in [0.25, 0.3) is 0 Å². The minimum Gasteiger partial charge on any atom is -0.495 e. The maximum Gasteiger partial charge on any atom is 0.340 e. The summed E-state index contributed by atoms with van der Waals surface area (Å²) in [5, 5.41) is 22.1. The molecule has 1 heterocycles. The van der Waals surface area contributed by atoms with E-state index < -0.39 is 34.2 Å². The molecule has 3 N–H and O–H groups in total. The van der Waals surface area contributed by atoms with Crippen LogP contribution in [0, 0.1) is 11.6 Å². The highest BCUT2D eigenvalue weighted by atomic mass is 32.2. The second kappa shape index (κ2) is 10.1. The van der Waals surface area contributed by atoms with Gasteiger partial charge in [0, 0.05) is 22.7 Å². The van der Waals surface area contributed by atoms with Crippen LogP contribution in [0.3, 0.4) is 0 Å². The van der Waals surface area contributed by atoms with E-state index in [2.05, 4.69) is 5.32 Å². The fraction of sp³-hybridized carbons (Fsp3) is 0.160. The summed E-state index contributed by atoms with van der Waals surface area (Å²) < 4.78 is 64.7. The predicted molar refractivity (Wildman–Crippen MR) is 134 cm³/mol. The lowest BCUT2D eigenvalue weighted by molar-refractivity contribution is 0.0699. The number of furan rings is 1. The van der Waals surface area contributed by atoms with Gasteiger partial charge in [-0.3, -0.25) is 4.31 Å². The first kappa shape index (κ1) is 25.9. The Morgan fingerprint density at radius 2 is 1.76 bits per heavy atom. The molecule has 4 rings (SSSR count). The minimum absolute atomic E-state index is 0.0154. The zero-order valence-corrected chi connectivity index (χ0v) is 20.5. The van der Waals surface area contributed by atoms with E-state index in [4.69, 9.17) is 9.15 Å². The number of hydrogen-bond donors (Lipinski definition) is 3. The smallest absolute Gasteiger partial charge is 0.340 e. The Hall–Kier alpha value is -4.16. The van der Waals surface area contributed by atoms with Crippen LogP contribution in [0.15, 0.2) is 59.0 Å². The molecule has 0 spiro atoms. The Morgan fingerprint density at radius 3 is 2.30 bits per heavy atom. The zero-order chi connectivity index (χ0) is 26.9. The summed E-state index contributed by atoms with van der Waals surface area (Å²) in [6.07, 6.45) is 0.964. The lowest BCUT2D eigenvalue weighted by Gasteiger charge is -2.23. The Labute approximate surface area is 210 Å². The third kappa shape index (κ3) is 5.06. The highest BCUT2D eigenvalue weighted by Gasteiger charge is 2.27. The van der Waals surface area contributed by atoms with Gasteiger partial charge in [0.15, 0.2) is 0 Å². The van der Waals surface area contributed by atoms with E-state index in [9.17, 15) is 32.2 Å². The van der Waals surface area contributed by atoms with Crippen molar-refractivity contribution in [3.63, 3.8) is 0 Å². The van der Waals surface area contributed by atoms with Crippen LogP contribution in [0.4, 0.5) is 25.8 Å². The highest BCUT2D eigenvalue weighted by Crippen LogP contribution is 2.41. The number of nitrogens with zero attached hydrogens (tertiary/aromatic N) is 1. The summed E-state index contributed by atoms with van der Waals surface area (Å²) in [6, 6.07) is 12.2. The number of aliphatic hydroxyl groups is 1. The Kier molecular flexibility index (Phi) is 7.05. The van der Waals surface area contributed by atoms with Crippen LogP contribution in [-0.2, 0) is 10.0 Å². The molecule has 0 amide bonds. The van der Waals surface area contributed by atoms with Crippen molar-refractivity contribution >= 4 is 44.0 Å². The molecule has 0 radical (unpaired) electrons. The van der Waals surface area contributed by atoms with Crippen molar-refractivity contribution in [2.24, 2.45) is 0 Å². The number of rotatable bonds is 9. The average molecular weight is 533 g/mol. The van der Waals surface area contributed by atoms with Gasteiger partial charge < -0.3 is 24.7 Å². The van der Waals surface area contributed by atoms with Crippen molar-refractivity contribution in [3.05, 3.63) is 71.8 Å². The third-order valence-corrected chi connectivity index (χ3v) is 6.73. The molecule has 0 aliphatic heterocycles. The van der Waals surface area contributed by atoms with Crippen LogP contribution in [0.1, 0.15) is 10.4 Å². The number of hydrogen-bond acceptors (Lipinski definition) is 7. The number of sulfonamides is 1. The highest BCUT2D eigenvalue weighted by molar-refractivity contribution is 7.92. The number of anilines is 3. The Morgan fingerprint density at radius 1 is 1.11 bits per heavy atom. The molecule has 0 bridgehead atoms. The molecule has 0 atom stereocenters. The minimum atomic E-state index is -3.81. The lowest BCUT2D eigenvalue weighted by atomic mass is 10.0. The number of nitrogens with one attached hydrogen (secondary N) is 1. The number of aliphatic hydroxyl groups excluding tert-OH is 1. The van der Waals surface area contributed by atoms with E-state index in [1.54, 1.807) is 0 Å². The third-order valence-electron chi connectivity index (χ3n) is 5.55. The van der Waals surface area contributed by atoms with Crippen molar-refractivity contribution in [2.45, 2.75) is 0 Å². The Balaban J connectivity index is 1.81. The molecule has 0 saturated carbocycles. The van der Waals surface area contributed by atoms with Gasteiger partial charge in [0.2, 0.25) is 10.0 Å². The summed E-state index contributed by atoms with van der Waals surface area (Å²) in [7, 11) is -2.51. The van der Waals surface area contributed by atoms with Crippen LogP contribution >= 0.6 is 0 Å². The molecule has 9 nitrogen and oxygen atoms in total. The number of fused-ring (bicyclic) bond motifs is 1. The molecule has 1 aromatic heterocycles. The van der Waals surface area contributed by atoms with Crippen LogP contribution in [-0.4, -0.2) is 51.1 Å². The van der Waals surface area contributed by atoms with Crippen LogP contribution in [0.5, 0.6) is 5.75 Å². The SMILES string of the molecule is COc1cc2c(C(=O)O)c(-c3ccc(Nc4c(F)cccc4F)cc3)oc2cc1N(CCO)S(C)(=O)=O. The summed E-state index contributed by atoms with van der Waals surface area (Å²) >= 11 is 0. The molecule has 37 heavy (non-hydrogen) atoms. The van der Waals surface area contributed by atoms with Crippen molar-refractivity contribution < 1.29 is 41.4 Å². The molecule has 0 aliphatic rings. The zero-order valence-electron chi connectivity index (χ0n) is 19.7. The number of halogens is 2. The lowest BCUT2D eigenvalue weighted by Crippen LogP contribution is -2.32. The number of carboxylic acid groups (broad SMARTS) is 1. The van der Waals surface area contributed by atoms with E-state index >= 15 is 0 Å². The fourth-order valence-electron chi connectivity index (χ4n) is 3.91. The largest absolute Gasteiger partial charge is 0.495 e. The normalized spacial score (nSPS) is 11.5. The summed E-state index contributed by atoms with van der Waals surface area (Å²) in [5.41, 5.74) is 0.319. The van der Waals surface area contributed by atoms with Gasteiger partial charge in [-0.15, -0.1) is 0 Å². The first-order valence-electron chi connectivity index (χ1n) is 10.8. The van der Waals surface area contributed by atoms with E-state index in [1.807, 2.05) is 0 Å². The molecule has 0 aliphatic carbocycles. The number of carbonyl (C=O) groups is 1. The van der Waals surface area contributed by atoms with Gasteiger partial charge >= 0.3 is 5.97 Å². The maximum absolute atomic E-state index is 14.0. The van der Waals surface area contributed by atoms with E-state index in [-0.39, 0.29) is 46.0 Å². The van der Waals surface area contributed by atoms with Gasteiger partial charge in [0.1, 0.15) is 40.0 Å². The summed E-state index contributed by atoms with van der Waals surface area (Å²) in [6.45, 7) is -0.716. The average Bonchev–Trinajstić information content (AvgIpc) is 3.22. The topological polar surface area (TPSA) is 129 Å². The van der Waals surface area contributed by atoms with E-state index in [0.29, 0.717) is 11.3 Å². The number of benzene rings is 3. The van der Waals surface area contributed by atoms with Crippen LogP contribution in [0.25, 0.3) is 22.3 Å². The summed E-state index contributed by atoms with van der Waals surface area (Å²) in [4.78, 5) is 12.2. The van der Waals surface area contributed by atoms with E-state index in [0.717, 1.165) is 22.7 Å². The number of carboxylic acids is 1. The van der Waals surface area contributed by atoms with Crippen LogP contribution in [0.2, 0.25) is 0 Å². The second-order valence-corrected chi connectivity index (χ2v) is 9.90. The van der Waals surface area contributed by atoms with E-state index in [1.165, 1.54) is 49.6 Å². The molecule has 12 heteroatoms. The molecule has 0 fully saturated rings. The van der Waals surface area contributed by atoms with Crippen molar-refractivity contribution in [3.8, 4) is 17.1 Å².